The van der Waals surface area contributed by atoms with Crippen molar-refractivity contribution in [3.05, 3.63) is 57.0 Å². The lowest BCUT2D eigenvalue weighted by Crippen LogP contribution is -2.20. The molecule has 0 fully saturated rings. The number of aromatic nitrogens is 6. The number of nitrogens with zero attached hydrogens (tertiary/aromatic N) is 7. The minimum absolute atomic E-state index is 0.299. The van der Waals surface area contributed by atoms with E-state index in [1.807, 2.05) is 25.3 Å². The van der Waals surface area contributed by atoms with Crippen LogP contribution in [-0.4, -0.2) is 60.0 Å². The predicted molar refractivity (Wildman–Crippen MR) is 167 cm³/mol. The van der Waals surface area contributed by atoms with Crippen molar-refractivity contribution in [3.63, 3.8) is 0 Å². The van der Waals surface area contributed by atoms with Crippen molar-refractivity contribution in [3.8, 4) is 0 Å². The minimum Gasteiger partial charge on any atom is -0.461 e. The van der Waals surface area contributed by atoms with Gasteiger partial charge in [0.15, 0.2) is 10.4 Å². The predicted octanol–water partition coefficient (Wildman–Crippen LogP) is 3.30. The Hall–Kier alpha value is -4.17. The minimum atomic E-state index is -0.566. The van der Waals surface area contributed by atoms with Gasteiger partial charge >= 0.3 is 5.97 Å². The lowest BCUT2D eigenvalue weighted by atomic mass is 10.0. The van der Waals surface area contributed by atoms with Gasteiger partial charge in [-0.05, 0) is 78.5 Å². The molecule has 0 saturated carbocycles. The number of unbranched alkanes of at least 4 members (excludes halogenated alkanes) is 3. The maximum Gasteiger partial charge on any atom is 0.356 e. The molecule has 4 rings (SSSR count). The monoisotopic (exact) mass is 623 g/mol. The van der Waals surface area contributed by atoms with E-state index in [4.69, 9.17) is 16.2 Å². The number of pyridine rings is 1. The molecule has 44 heavy (non-hydrogen) atoms. The summed E-state index contributed by atoms with van der Waals surface area (Å²) in [4.78, 5) is 47.3. The van der Waals surface area contributed by atoms with Gasteiger partial charge in [-0.3, -0.25) is 19.0 Å². The van der Waals surface area contributed by atoms with Gasteiger partial charge in [0, 0.05) is 31.4 Å². The number of thiazole rings is 1. The summed E-state index contributed by atoms with van der Waals surface area (Å²) in [5.74, 6) is -1.31. The third-order valence-electron chi connectivity index (χ3n) is 7.28. The molecule has 13 nitrogen and oxygen atoms in total. The molecule has 14 heteroatoms. The molecule has 0 aromatic carbocycles. The Morgan fingerprint density at radius 2 is 1.77 bits per heavy atom. The van der Waals surface area contributed by atoms with Crippen molar-refractivity contribution in [1.29, 1.82) is 0 Å². The molecule has 4 N–H and O–H groups in total. The van der Waals surface area contributed by atoms with E-state index >= 15 is 0 Å². The quantitative estimate of drug-likeness (QED) is 0.150. The summed E-state index contributed by atoms with van der Waals surface area (Å²) in [5.41, 5.74) is 15.5. The van der Waals surface area contributed by atoms with Crippen LogP contribution in [0.4, 0.5) is 0 Å². The van der Waals surface area contributed by atoms with Crippen molar-refractivity contribution < 1.29 is 19.1 Å². The first-order chi connectivity index (χ1) is 21.2. The van der Waals surface area contributed by atoms with Crippen molar-refractivity contribution in [2.45, 2.75) is 85.9 Å². The highest BCUT2D eigenvalue weighted by molar-refractivity contribution is 7.16. The van der Waals surface area contributed by atoms with E-state index in [-0.39, 0.29) is 11.9 Å². The van der Waals surface area contributed by atoms with Crippen LogP contribution in [-0.2, 0) is 30.8 Å². The second-order valence-corrected chi connectivity index (χ2v) is 11.5. The zero-order chi connectivity index (χ0) is 31.8. The second-order valence-electron chi connectivity index (χ2n) is 10.5. The van der Waals surface area contributed by atoms with Crippen molar-refractivity contribution in [1.82, 2.24) is 29.1 Å². The molecule has 236 valence electrons. The molecule has 4 aromatic heterocycles. The van der Waals surface area contributed by atoms with Crippen LogP contribution in [0.1, 0.15) is 94.2 Å². The van der Waals surface area contributed by atoms with Gasteiger partial charge in [-0.25, -0.2) is 9.78 Å². The fourth-order valence-electron chi connectivity index (χ4n) is 5.14. The molecule has 0 unspecified atom stereocenters. The molecule has 4 aromatic rings. The fraction of sp³-hybridized carbons (Fsp3) is 0.500. The normalized spacial score (nSPS) is 11.9. The molecule has 0 aliphatic carbocycles. The van der Waals surface area contributed by atoms with E-state index < -0.39 is 5.91 Å². The average molecular weight is 624 g/mol. The van der Waals surface area contributed by atoms with Gasteiger partial charge in [-0.1, -0.05) is 17.8 Å². The topological polar surface area (TPSA) is 178 Å². The zero-order valence-corrected chi connectivity index (χ0v) is 26.7. The van der Waals surface area contributed by atoms with Crippen LogP contribution in [0.25, 0.3) is 10.3 Å². The third-order valence-corrected chi connectivity index (χ3v) is 8.29. The number of rotatable bonds is 15. The summed E-state index contributed by atoms with van der Waals surface area (Å²) < 4.78 is 11.2. The van der Waals surface area contributed by atoms with E-state index in [0.717, 1.165) is 53.8 Å². The number of aryl methyl sites for hydroxylation is 5. The second kappa shape index (κ2) is 15.0. The molecule has 0 aliphatic heterocycles. The first-order valence-corrected chi connectivity index (χ1v) is 15.9. The molecule has 0 saturated heterocycles. The molecule has 0 radical (unpaired) electrons. The summed E-state index contributed by atoms with van der Waals surface area (Å²) in [7, 11) is 0. The Kier molecular flexibility index (Phi) is 11.2. The Morgan fingerprint density at radius 3 is 2.48 bits per heavy atom. The highest BCUT2D eigenvalue weighted by Gasteiger charge is 2.22. The van der Waals surface area contributed by atoms with Gasteiger partial charge in [0.2, 0.25) is 5.91 Å². The molecule has 0 atom stereocenters. The van der Waals surface area contributed by atoms with Crippen LogP contribution in [0.15, 0.2) is 23.3 Å². The standard InChI is InChI=1S/C30H41N9O4S/c1-5-38-25(22(20(4)36-38)12-8-7-10-15-39-23(16-19(3)35-39)29(42)43-6-2)28(41)34-30-37(14-11-9-13-31)27-24(44-30)17-21(18-33-27)26(32)40/h16-18H,5-15,31H2,1-4H3,(H2,32,40). The van der Waals surface area contributed by atoms with Gasteiger partial charge in [0.25, 0.3) is 5.91 Å². The van der Waals surface area contributed by atoms with Gasteiger partial charge < -0.3 is 20.8 Å². The summed E-state index contributed by atoms with van der Waals surface area (Å²) in [6, 6.07) is 3.43. The van der Waals surface area contributed by atoms with Crippen LogP contribution in [0.5, 0.6) is 0 Å². The smallest absolute Gasteiger partial charge is 0.356 e. The number of nitrogens with two attached hydrogens (primary N) is 2. The first kappa shape index (κ1) is 32.7. The zero-order valence-electron chi connectivity index (χ0n) is 25.8. The number of hydrogen-bond donors (Lipinski definition) is 2. The Bertz CT molecular complexity index is 1710. The van der Waals surface area contributed by atoms with Crippen LogP contribution in [0.3, 0.4) is 0 Å². The van der Waals surface area contributed by atoms with E-state index in [0.29, 0.717) is 66.6 Å². The molecular weight excluding hydrogens is 582 g/mol. The molecule has 2 amide bonds. The van der Waals surface area contributed by atoms with Crippen molar-refractivity contribution in [2.75, 3.05) is 13.2 Å². The van der Waals surface area contributed by atoms with Gasteiger partial charge in [-0.15, -0.1) is 0 Å². The molecule has 4 heterocycles. The van der Waals surface area contributed by atoms with Crippen LogP contribution in [0, 0.1) is 13.8 Å². The van der Waals surface area contributed by atoms with Gasteiger partial charge in [0.05, 0.1) is 28.3 Å². The van der Waals surface area contributed by atoms with E-state index in [9.17, 15) is 14.4 Å². The number of amides is 2. The number of carbonyl (C=O) groups excluding carboxylic acids is 3. The van der Waals surface area contributed by atoms with E-state index in [1.54, 1.807) is 28.4 Å². The fourth-order valence-corrected chi connectivity index (χ4v) is 6.20. The molecule has 0 aliphatic rings. The molecular formula is C30H41N9O4S. The van der Waals surface area contributed by atoms with Crippen LogP contribution in [0.2, 0.25) is 0 Å². The van der Waals surface area contributed by atoms with Crippen molar-refractivity contribution in [2.24, 2.45) is 16.5 Å². The van der Waals surface area contributed by atoms with Crippen LogP contribution < -0.4 is 16.3 Å². The lowest BCUT2D eigenvalue weighted by Gasteiger charge is -2.08. The highest BCUT2D eigenvalue weighted by atomic mass is 32.1. The number of fused-ring (bicyclic) bond motifs is 1. The molecule has 0 spiro atoms. The number of esters is 1. The van der Waals surface area contributed by atoms with E-state index in [1.165, 1.54) is 17.5 Å². The highest BCUT2D eigenvalue weighted by Crippen LogP contribution is 2.21. The summed E-state index contributed by atoms with van der Waals surface area (Å²) in [6.07, 6.45) is 6.22. The Balaban J connectivity index is 1.55. The van der Waals surface area contributed by atoms with Crippen molar-refractivity contribution >= 4 is 39.5 Å². The third kappa shape index (κ3) is 7.48. The number of primary amides is 1. The maximum atomic E-state index is 13.8. The summed E-state index contributed by atoms with van der Waals surface area (Å²) in [6.45, 7) is 10.1. The average Bonchev–Trinajstić information content (AvgIpc) is 3.64. The van der Waals surface area contributed by atoms with Crippen LogP contribution >= 0.6 is 11.3 Å². The summed E-state index contributed by atoms with van der Waals surface area (Å²) in [5, 5.41) is 9.08. The Morgan fingerprint density at radius 1 is 1.00 bits per heavy atom. The number of ether oxygens (including phenoxy) is 1. The lowest BCUT2D eigenvalue weighted by molar-refractivity contribution is 0.0511. The maximum absolute atomic E-state index is 13.8. The van der Waals surface area contributed by atoms with Gasteiger partial charge in [0.1, 0.15) is 11.4 Å². The van der Waals surface area contributed by atoms with Gasteiger partial charge in [-0.2, -0.15) is 15.2 Å². The largest absolute Gasteiger partial charge is 0.461 e. The summed E-state index contributed by atoms with van der Waals surface area (Å²) >= 11 is 1.30. The Labute approximate surface area is 259 Å². The van der Waals surface area contributed by atoms with E-state index in [2.05, 4.69) is 20.2 Å². The molecule has 0 bridgehead atoms. The first-order valence-electron chi connectivity index (χ1n) is 15.0. The number of carbonyl (C=O) groups is 3. The number of hydrogen-bond acceptors (Lipinski definition) is 9. The SMILES string of the molecule is CCOC(=O)c1cc(C)nn1CCCCCc1c(C)nn(CC)c1C(=O)N=c1sc2cc(C(N)=O)cnc2n1CCCCN.